The number of nitrogens with one attached hydrogen (secondary N) is 1. The first-order valence-electron chi connectivity index (χ1n) is 5.92. The highest BCUT2D eigenvalue weighted by Gasteiger charge is 2.23. The van der Waals surface area contributed by atoms with Crippen molar-refractivity contribution in [1.29, 1.82) is 0 Å². The van der Waals surface area contributed by atoms with Gasteiger partial charge in [-0.1, -0.05) is 6.92 Å². The van der Waals surface area contributed by atoms with E-state index in [1.165, 1.54) is 12.2 Å². The minimum Gasteiger partial charge on any atom is -0.381 e. The standard InChI is InChI=1S/C13H15N3S/c1-9-11(4-7-17-9)16-10-2-3-12-13(8-10)15-6-5-14-12/h2-3,5-6,8-9,11,16H,4,7H2,1H3. The van der Waals surface area contributed by atoms with E-state index in [0.29, 0.717) is 11.3 Å². The maximum atomic E-state index is 4.33. The van der Waals surface area contributed by atoms with E-state index in [0.717, 1.165) is 16.7 Å². The number of thioether (sulfide) groups is 1. The van der Waals surface area contributed by atoms with Gasteiger partial charge in [-0.3, -0.25) is 9.97 Å². The van der Waals surface area contributed by atoms with E-state index in [9.17, 15) is 0 Å². The van der Waals surface area contributed by atoms with Crippen molar-refractivity contribution in [2.24, 2.45) is 0 Å². The van der Waals surface area contributed by atoms with Crippen LogP contribution < -0.4 is 5.32 Å². The molecule has 3 rings (SSSR count). The minimum atomic E-state index is 0.578. The van der Waals surface area contributed by atoms with Gasteiger partial charge in [0.2, 0.25) is 0 Å². The molecule has 88 valence electrons. The fourth-order valence-corrected chi connectivity index (χ4v) is 3.39. The molecule has 1 saturated heterocycles. The summed E-state index contributed by atoms with van der Waals surface area (Å²) >= 11 is 2.04. The van der Waals surface area contributed by atoms with Gasteiger partial charge in [0.25, 0.3) is 0 Å². The van der Waals surface area contributed by atoms with Gasteiger partial charge in [-0.2, -0.15) is 11.8 Å². The Bertz CT molecular complexity index is 529. The lowest BCUT2D eigenvalue weighted by Gasteiger charge is -2.17. The number of hydrogen-bond donors (Lipinski definition) is 1. The van der Waals surface area contributed by atoms with Gasteiger partial charge in [0, 0.05) is 29.4 Å². The van der Waals surface area contributed by atoms with Gasteiger partial charge in [0.05, 0.1) is 11.0 Å². The molecule has 0 amide bonds. The lowest BCUT2D eigenvalue weighted by Crippen LogP contribution is -2.24. The third-order valence-corrected chi connectivity index (χ3v) is 4.52. The number of hydrogen-bond acceptors (Lipinski definition) is 4. The summed E-state index contributed by atoms with van der Waals surface area (Å²) in [4.78, 5) is 8.60. The van der Waals surface area contributed by atoms with E-state index in [1.54, 1.807) is 12.4 Å². The monoisotopic (exact) mass is 245 g/mol. The average molecular weight is 245 g/mol. The molecule has 0 radical (unpaired) electrons. The number of fused-ring (bicyclic) bond motifs is 1. The molecule has 2 heterocycles. The number of rotatable bonds is 2. The van der Waals surface area contributed by atoms with Crippen LogP contribution in [0.5, 0.6) is 0 Å². The fraction of sp³-hybridized carbons (Fsp3) is 0.385. The summed E-state index contributed by atoms with van der Waals surface area (Å²) < 4.78 is 0. The van der Waals surface area contributed by atoms with Crippen molar-refractivity contribution in [2.75, 3.05) is 11.1 Å². The molecule has 1 fully saturated rings. The lowest BCUT2D eigenvalue weighted by atomic mass is 10.1. The summed E-state index contributed by atoms with van der Waals surface area (Å²) in [6, 6.07) is 6.77. The van der Waals surface area contributed by atoms with Crippen LogP contribution >= 0.6 is 11.8 Å². The van der Waals surface area contributed by atoms with Crippen LogP contribution in [0.3, 0.4) is 0 Å². The number of anilines is 1. The molecule has 4 heteroatoms. The second-order valence-electron chi connectivity index (χ2n) is 4.38. The Morgan fingerprint density at radius 3 is 2.82 bits per heavy atom. The molecule has 1 N–H and O–H groups in total. The van der Waals surface area contributed by atoms with Gasteiger partial charge in [-0.25, -0.2) is 0 Å². The molecule has 2 unspecified atom stereocenters. The molecule has 2 aromatic rings. The summed E-state index contributed by atoms with van der Waals surface area (Å²) in [5, 5.41) is 4.28. The van der Waals surface area contributed by atoms with Gasteiger partial charge < -0.3 is 5.32 Å². The Labute approximate surface area is 105 Å². The molecule has 1 aliphatic heterocycles. The zero-order chi connectivity index (χ0) is 11.7. The van der Waals surface area contributed by atoms with Crippen molar-refractivity contribution in [2.45, 2.75) is 24.6 Å². The van der Waals surface area contributed by atoms with Crippen LogP contribution in [-0.4, -0.2) is 27.0 Å². The maximum absolute atomic E-state index is 4.33. The van der Waals surface area contributed by atoms with Gasteiger partial charge in [-0.15, -0.1) is 0 Å². The quantitative estimate of drug-likeness (QED) is 0.882. The van der Waals surface area contributed by atoms with Crippen molar-refractivity contribution in [3.05, 3.63) is 30.6 Å². The number of aromatic nitrogens is 2. The zero-order valence-electron chi connectivity index (χ0n) is 9.76. The topological polar surface area (TPSA) is 37.8 Å². The summed E-state index contributed by atoms with van der Waals surface area (Å²) in [5.74, 6) is 1.26. The van der Waals surface area contributed by atoms with Crippen molar-refractivity contribution in [1.82, 2.24) is 9.97 Å². The van der Waals surface area contributed by atoms with Crippen molar-refractivity contribution in [3.63, 3.8) is 0 Å². The Balaban J connectivity index is 1.85. The third kappa shape index (κ3) is 2.22. The van der Waals surface area contributed by atoms with Crippen molar-refractivity contribution in [3.8, 4) is 0 Å². The molecule has 17 heavy (non-hydrogen) atoms. The molecule has 0 saturated carbocycles. The Hall–Kier alpha value is -1.29. The highest BCUT2D eigenvalue weighted by molar-refractivity contribution is 8.00. The van der Waals surface area contributed by atoms with Crippen LogP contribution in [0.15, 0.2) is 30.6 Å². The van der Waals surface area contributed by atoms with E-state index >= 15 is 0 Å². The third-order valence-electron chi connectivity index (χ3n) is 3.20. The van der Waals surface area contributed by atoms with E-state index < -0.39 is 0 Å². The summed E-state index contributed by atoms with van der Waals surface area (Å²) in [7, 11) is 0. The molecule has 1 aliphatic rings. The highest BCUT2D eigenvalue weighted by Crippen LogP contribution is 2.29. The molecular weight excluding hydrogens is 230 g/mol. The number of nitrogens with zero attached hydrogens (tertiary/aromatic N) is 2. The van der Waals surface area contributed by atoms with Gasteiger partial charge >= 0.3 is 0 Å². The second kappa shape index (κ2) is 4.53. The lowest BCUT2D eigenvalue weighted by molar-refractivity contribution is 0.724. The molecule has 0 aliphatic carbocycles. The van der Waals surface area contributed by atoms with Crippen molar-refractivity contribution >= 4 is 28.5 Å². The van der Waals surface area contributed by atoms with Crippen LogP contribution in [-0.2, 0) is 0 Å². The van der Waals surface area contributed by atoms with Crippen LogP contribution in [0, 0.1) is 0 Å². The zero-order valence-corrected chi connectivity index (χ0v) is 10.6. The summed E-state index contributed by atoms with van der Waals surface area (Å²) in [6.07, 6.45) is 4.70. The van der Waals surface area contributed by atoms with Crippen LogP contribution in [0.1, 0.15) is 13.3 Å². The number of benzene rings is 1. The molecule has 3 nitrogen and oxygen atoms in total. The predicted molar refractivity (Wildman–Crippen MR) is 73.5 cm³/mol. The fourth-order valence-electron chi connectivity index (χ4n) is 2.19. The first-order chi connectivity index (χ1) is 8.33. The predicted octanol–water partition coefficient (Wildman–Crippen LogP) is 2.94. The van der Waals surface area contributed by atoms with Gasteiger partial charge in [-0.05, 0) is 30.4 Å². The van der Waals surface area contributed by atoms with E-state index in [1.807, 2.05) is 17.8 Å². The highest BCUT2D eigenvalue weighted by atomic mass is 32.2. The smallest absolute Gasteiger partial charge is 0.0907 e. The largest absolute Gasteiger partial charge is 0.381 e. The Kier molecular flexibility index (Phi) is 2.89. The normalized spacial score (nSPS) is 24.1. The first kappa shape index (κ1) is 10.8. The van der Waals surface area contributed by atoms with Gasteiger partial charge in [0.1, 0.15) is 0 Å². The maximum Gasteiger partial charge on any atom is 0.0907 e. The molecule has 0 spiro atoms. The second-order valence-corrected chi connectivity index (χ2v) is 5.86. The van der Waals surface area contributed by atoms with E-state index in [-0.39, 0.29) is 0 Å². The van der Waals surface area contributed by atoms with Crippen LogP contribution in [0.2, 0.25) is 0 Å². The summed E-state index contributed by atoms with van der Waals surface area (Å²) in [5.41, 5.74) is 3.06. The summed E-state index contributed by atoms with van der Waals surface area (Å²) in [6.45, 7) is 2.29. The molecule has 1 aromatic carbocycles. The SMILES string of the molecule is CC1SCCC1Nc1ccc2nccnc2c1. The minimum absolute atomic E-state index is 0.578. The van der Waals surface area contributed by atoms with Gasteiger partial charge in [0.15, 0.2) is 0 Å². The molecular formula is C13H15N3S. The van der Waals surface area contributed by atoms with E-state index in [2.05, 4.69) is 34.3 Å². The van der Waals surface area contributed by atoms with Crippen LogP contribution in [0.4, 0.5) is 5.69 Å². The average Bonchev–Trinajstić information content (AvgIpc) is 2.75. The first-order valence-corrected chi connectivity index (χ1v) is 6.97. The van der Waals surface area contributed by atoms with Crippen LogP contribution in [0.25, 0.3) is 11.0 Å². The molecule has 2 atom stereocenters. The molecule has 0 bridgehead atoms. The Morgan fingerprint density at radius 1 is 1.24 bits per heavy atom. The Morgan fingerprint density at radius 2 is 2.06 bits per heavy atom. The van der Waals surface area contributed by atoms with E-state index in [4.69, 9.17) is 0 Å². The molecule has 1 aromatic heterocycles. The van der Waals surface area contributed by atoms with Crippen molar-refractivity contribution < 1.29 is 0 Å².